The summed E-state index contributed by atoms with van der Waals surface area (Å²) >= 11 is 0. The van der Waals surface area contributed by atoms with Gasteiger partial charge in [-0.25, -0.2) is 4.98 Å². The van der Waals surface area contributed by atoms with E-state index in [-0.39, 0.29) is 28.5 Å². The summed E-state index contributed by atoms with van der Waals surface area (Å²) in [4.78, 5) is 35.1. The van der Waals surface area contributed by atoms with E-state index in [1.165, 1.54) is 22.8 Å². The van der Waals surface area contributed by atoms with Gasteiger partial charge in [-0.15, -0.1) is 0 Å². The predicted octanol–water partition coefficient (Wildman–Crippen LogP) is 3.61. The fourth-order valence-electron chi connectivity index (χ4n) is 3.87. The van der Waals surface area contributed by atoms with Gasteiger partial charge in [0, 0.05) is 12.3 Å². The van der Waals surface area contributed by atoms with Gasteiger partial charge in [-0.2, -0.15) is 10.3 Å². The topological polar surface area (TPSA) is 106 Å². The summed E-state index contributed by atoms with van der Waals surface area (Å²) < 4.78 is 8.53. The first kappa shape index (κ1) is 21.8. The van der Waals surface area contributed by atoms with Gasteiger partial charge in [0.1, 0.15) is 23.1 Å². The highest BCUT2D eigenvalue weighted by Crippen LogP contribution is 2.14. The van der Waals surface area contributed by atoms with Crippen LogP contribution >= 0.6 is 0 Å². The molecule has 5 rings (SSSR count). The van der Waals surface area contributed by atoms with E-state index in [1.807, 2.05) is 43.3 Å². The van der Waals surface area contributed by atoms with Crippen LogP contribution in [0.4, 0.5) is 0 Å². The lowest BCUT2D eigenvalue weighted by atomic mass is 10.2. The fourth-order valence-corrected chi connectivity index (χ4v) is 3.87. The van der Waals surface area contributed by atoms with Crippen LogP contribution in [0.25, 0.3) is 22.8 Å². The molecule has 1 amide bonds. The molecular formula is C27H19N5O3. The highest BCUT2D eigenvalue weighted by atomic mass is 16.3. The van der Waals surface area contributed by atoms with Crippen LogP contribution in [0.15, 0.2) is 93.4 Å². The molecule has 0 spiro atoms. The number of amides is 1. The molecule has 35 heavy (non-hydrogen) atoms. The van der Waals surface area contributed by atoms with Gasteiger partial charge in [0.25, 0.3) is 11.5 Å². The van der Waals surface area contributed by atoms with E-state index in [9.17, 15) is 14.9 Å². The molecular weight excluding hydrogens is 442 g/mol. The second-order valence-corrected chi connectivity index (χ2v) is 7.89. The Balaban J connectivity index is 1.79. The normalized spacial score (nSPS) is 11.9. The average Bonchev–Trinajstić information content (AvgIpc) is 3.39. The Hall–Kier alpha value is -5.03. The zero-order valence-corrected chi connectivity index (χ0v) is 18.8. The number of hydrogen-bond acceptors (Lipinski definition) is 5. The number of furan rings is 1. The average molecular weight is 461 g/mol. The van der Waals surface area contributed by atoms with Crippen molar-refractivity contribution in [2.45, 2.75) is 13.5 Å². The van der Waals surface area contributed by atoms with Crippen molar-refractivity contribution in [3.05, 3.63) is 117 Å². The van der Waals surface area contributed by atoms with Gasteiger partial charge >= 0.3 is 0 Å². The van der Waals surface area contributed by atoms with Crippen LogP contribution in [0.3, 0.4) is 0 Å². The van der Waals surface area contributed by atoms with Gasteiger partial charge in [-0.1, -0.05) is 36.4 Å². The Labute approximate surface area is 199 Å². The number of fused-ring (bicyclic) bond motifs is 2. The number of hydrogen-bond donors (Lipinski definition) is 0. The Morgan fingerprint density at radius 2 is 1.97 bits per heavy atom. The summed E-state index contributed by atoms with van der Waals surface area (Å²) in [5.41, 5.74) is 2.29. The third-order valence-electron chi connectivity index (χ3n) is 5.55. The number of nitrogens with zero attached hydrogens (tertiary/aromatic N) is 5. The van der Waals surface area contributed by atoms with Gasteiger partial charge in [0.05, 0.1) is 23.8 Å². The second-order valence-electron chi connectivity index (χ2n) is 7.89. The van der Waals surface area contributed by atoms with Crippen LogP contribution in [0.1, 0.15) is 22.5 Å². The first-order chi connectivity index (χ1) is 17.0. The molecule has 1 aromatic carbocycles. The van der Waals surface area contributed by atoms with Crippen molar-refractivity contribution in [1.82, 2.24) is 14.0 Å². The number of aromatic nitrogens is 3. The summed E-state index contributed by atoms with van der Waals surface area (Å²) in [5, 5.41) is 10.1. The van der Waals surface area contributed by atoms with Crippen LogP contribution in [0.2, 0.25) is 0 Å². The van der Waals surface area contributed by atoms with Gasteiger partial charge in [0.2, 0.25) is 0 Å². The molecule has 170 valence electrons. The minimum Gasteiger partial charge on any atom is -0.467 e. The van der Waals surface area contributed by atoms with Crippen LogP contribution < -0.4 is 11.0 Å². The standard InChI is InChI=1S/C27H19N5O3/c1-18-7-5-13-31-24(18)30-26-22(27(31)34)15-20(16-28)25(32(26)17-21-10-6-14-35-21)29-23(33)12-11-19-8-3-2-4-9-19/h2-15H,17H2,1H3. The maximum absolute atomic E-state index is 13.3. The van der Waals surface area contributed by atoms with Crippen molar-refractivity contribution in [2.24, 2.45) is 4.99 Å². The lowest BCUT2D eigenvalue weighted by Gasteiger charge is -2.13. The zero-order valence-electron chi connectivity index (χ0n) is 18.8. The molecule has 0 radical (unpaired) electrons. The Kier molecular flexibility index (Phi) is 5.65. The fraction of sp³-hybridized carbons (Fsp3) is 0.0741. The van der Waals surface area contributed by atoms with Crippen molar-refractivity contribution in [2.75, 3.05) is 0 Å². The van der Waals surface area contributed by atoms with Gasteiger partial charge in [0.15, 0.2) is 5.49 Å². The van der Waals surface area contributed by atoms with Crippen LogP contribution in [-0.2, 0) is 11.3 Å². The molecule has 4 heterocycles. The molecule has 8 heteroatoms. The van der Waals surface area contributed by atoms with E-state index in [2.05, 4.69) is 11.1 Å². The molecule has 0 N–H and O–H groups in total. The maximum Gasteiger partial charge on any atom is 0.271 e. The summed E-state index contributed by atoms with van der Waals surface area (Å²) in [6.45, 7) is 1.99. The van der Waals surface area contributed by atoms with E-state index >= 15 is 0 Å². The van der Waals surface area contributed by atoms with Crippen molar-refractivity contribution in [3.63, 3.8) is 0 Å². The third kappa shape index (κ3) is 4.18. The predicted molar refractivity (Wildman–Crippen MR) is 130 cm³/mol. The van der Waals surface area contributed by atoms with E-state index in [0.717, 1.165) is 11.1 Å². The summed E-state index contributed by atoms with van der Waals surface area (Å²) in [6, 6.07) is 20.0. The molecule has 0 bridgehead atoms. The molecule has 0 aliphatic heterocycles. The summed E-state index contributed by atoms with van der Waals surface area (Å²) in [6.07, 6.45) is 6.15. The number of carbonyl (C=O) groups excluding carboxylic acids is 1. The van der Waals surface area contributed by atoms with E-state index < -0.39 is 5.91 Å². The SMILES string of the molecule is Cc1cccn2c(=O)c3cc(C#N)c(=NC(=O)C=Cc4ccccc4)n(Cc4ccco4)c3nc12. The van der Waals surface area contributed by atoms with E-state index in [1.54, 1.807) is 35.0 Å². The molecule has 0 saturated heterocycles. The smallest absolute Gasteiger partial charge is 0.271 e. The number of rotatable bonds is 4. The van der Waals surface area contributed by atoms with E-state index in [0.29, 0.717) is 17.1 Å². The third-order valence-corrected chi connectivity index (χ3v) is 5.55. The van der Waals surface area contributed by atoms with Gasteiger partial charge in [-0.05, 0) is 48.4 Å². The first-order valence-corrected chi connectivity index (χ1v) is 10.8. The monoisotopic (exact) mass is 461 g/mol. The highest BCUT2D eigenvalue weighted by Gasteiger charge is 2.16. The lowest BCUT2D eigenvalue weighted by Crippen LogP contribution is -2.29. The Morgan fingerprint density at radius 3 is 2.71 bits per heavy atom. The summed E-state index contributed by atoms with van der Waals surface area (Å²) in [5.74, 6) is 0.00786. The quantitative estimate of drug-likeness (QED) is 0.300. The number of nitriles is 1. The number of carbonyl (C=O) groups is 1. The van der Waals surface area contributed by atoms with Gasteiger partial charge < -0.3 is 8.98 Å². The maximum atomic E-state index is 13.3. The number of benzene rings is 1. The van der Waals surface area contributed by atoms with Crippen LogP contribution in [-0.4, -0.2) is 19.9 Å². The lowest BCUT2D eigenvalue weighted by molar-refractivity contribution is -0.113. The number of pyridine rings is 2. The molecule has 0 atom stereocenters. The molecule has 0 saturated carbocycles. The number of aryl methyl sites for hydroxylation is 1. The zero-order chi connectivity index (χ0) is 24.4. The molecule has 5 aromatic rings. The Bertz CT molecular complexity index is 1770. The van der Waals surface area contributed by atoms with Crippen molar-refractivity contribution in [3.8, 4) is 6.07 Å². The molecule has 8 nitrogen and oxygen atoms in total. The first-order valence-electron chi connectivity index (χ1n) is 10.8. The molecule has 4 aromatic heterocycles. The van der Waals surface area contributed by atoms with Crippen molar-refractivity contribution in [1.29, 1.82) is 5.26 Å². The molecule has 0 unspecified atom stereocenters. The van der Waals surface area contributed by atoms with Crippen molar-refractivity contribution < 1.29 is 9.21 Å². The molecule has 0 fully saturated rings. The molecule has 0 aliphatic rings. The summed E-state index contributed by atoms with van der Waals surface area (Å²) in [7, 11) is 0. The largest absolute Gasteiger partial charge is 0.467 e. The second kappa shape index (κ2) is 9.08. The van der Waals surface area contributed by atoms with E-state index in [4.69, 9.17) is 9.40 Å². The van der Waals surface area contributed by atoms with Gasteiger partial charge in [-0.3, -0.25) is 14.0 Å². The van der Waals surface area contributed by atoms with Crippen LogP contribution in [0, 0.1) is 18.3 Å². The minimum atomic E-state index is -0.549. The minimum absolute atomic E-state index is 0.0806. The van der Waals surface area contributed by atoms with Crippen molar-refractivity contribution >= 4 is 28.7 Å². The van der Waals surface area contributed by atoms with Crippen LogP contribution in [0.5, 0.6) is 0 Å². The Morgan fingerprint density at radius 1 is 1.14 bits per heavy atom. The highest BCUT2D eigenvalue weighted by molar-refractivity contribution is 5.92. The molecule has 0 aliphatic carbocycles.